The van der Waals surface area contributed by atoms with Gasteiger partial charge in [0.1, 0.15) is 11.3 Å². The van der Waals surface area contributed by atoms with E-state index in [4.69, 9.17) is 4.42 Å². The summed E-state index contributed by atoms with van der Waals surface area (Å²) in [6.45, 7) is 10.5. The van der Waals surface area contributed by atoms with Crippen LogP contribution >= 0.6 is 0 Å². The zero-order chi connectivity index (χ0) is 15.4. The van der Waals surface area contributed by atoms with Gasteiger partial charge in [-0.15, -0.1) is 0 Å². The molecule has 0 bridgehead atoms. The lowest BCUT2D eigenvalue weighted by molar-refractivity contribution is 0.226. The average Bonchev–Trinajstić information content (AvgIpc) is 2.81. The number of nitrogens with zero attached hydrogens (tertiary/aromatic N) is 1. The predicted molar refractivity (Wildman–Crippen MR) is 89.4 cm³/mol. The van der Waals surface area contributed by atoms with Crippen molar-refractivity contribution in [2.75, 3.05) is 7.05 Å². The maximum atomic E-state index is 6.12. The van der Waals surface area contributed by atoms with Gasteiger partial charge in [-0.3, -0.25) is 4.90 Å². The van der Waals surface area contributed by atoms with E-state index in [1.165, 1.54) is 10.9 Å². The van der Waals surface area contributed by atoms with E-state index in [9.17, 15) is 0 Å². The number of furan rings is 1. The smallest absolute Gasteiger partial charge is 0.134 e. The molecule has 2 rings (SSSR count). The quantitative estimate of drug-likeness (QED) is 0.829. The van der Waals surface area contributed by atoms with E-state index in [0.29, 0.717) is 12.1 Å². The van der Waals surface area contributed by atoms with Crippen molar-refractivity contribution in [2.24, 2.45) is 0 Å². The van der Waals surface area contributed by atoms with E-state index in [-0.39, 0.29) is 0 Å². The van der Waals surface area contributed by atoms with Crippen LogP contribution in [-0.2, 0) is 13.1 Å². The highest BCUT2D eigenvalue weighted by atomic mass is 16.3. The van der Waals surface area contributed by atoms with Crippen LogP contribution < -0.4 is 5.32 Å². The topological polar surface area (TPSA) is 28.4 Å². The summed E-state index contributed by atoms with van der Waals surface area (Å²) in [7, 11) is 2.17. The molecule has 1 N–H and O–H groups in total. The molecule has 1 atom stereocenters. The lowest BCUT2D eigenvalue weighted by atomic mass is 10.1. The van der Waals surface area contributed by atoms with E-state index in [2.05, 4.69) is 63.2 Å². The van der Waals surface area contributed by atoms with Gasteiger partial charge in [0.25, 0.3) is 0 Å². The van der Waals surface area contributed by atoms with Crippen LogP contribution in [0.1, 0.15) is 45.4 Å². The number of hydrogen-bond acceptors (Lipinski definition) is 3. The van der Waals surface area contributed by atoms with Gasteiger partial charge in [0.15, 0.2) is 0 Å². The molecule has 21 heavy (non-hydrogen) atoms. The summed E-state index contributed by atoms with van der Waals surface area (Å²) in [6, 6.07) is 9.36. The third-order valence-corrected chi connectivity index (χ3v) is 4.21. The van der Waals surface area contributed by atoms with Gasteiger partial charge < -0.3 is 9.73 Å². The molecule has 0 aliphatic carbocycles. The van der Waals surface area contributed by atoms with Crippen LogP contribution in [0.25, 0.3) is 11.0 Å². The maximum Gasteiger partial charge on any atom is 0.134 e. The number of nitrogens with one attached hydrogen (secondary N) is 1. The average molecular weight is 288 g/mol. The molecule has 0 saturated heterocycles. The Morgan fingerprint density at radius 2 is 1.90 bits per heavy atom. The zero-order valence-corrected chi connectivity index (χ0v) is 13.9. The van der Waals surface area contributed by atoms with Crippen molar-refractivity contribution in [3.05, 3.63) is 35.6 Å². The van der Waals surface area contributed by atoms with Gasteiger partial charge in [-0.2, -0.15) is 0 Å². The highest BCUT2D eigenvalue weighted by molar-refractivity contribution is 5.82. The summed E-state index contributed by atoms with van der Waals surface area (Å²) in [4.78, 5) is 2.36. The van der Waals surface area contributed by atoms with Gasteiger partial charge in [-0.25, -0.2) is 0 Å². The molecule has 1 aromatic carbocycles. The van der Waals surface area contributed by atoms with Gasteiger partial charge in [0.2, 0.25) is 0 Å². The van der Waals surface area contributed by atoms with Crippen molar-refractivity contribution in [3.8, 4) is 0 Å². The van der Waals surface area contributed by atoms with Gasteiger partial charge in [0, 0.05) is 29.6 Å². The minimum absolute atomic E-state index is 0.471. The minimum atomic E-state index is 0.471. The summed E-state index contributed by atoms with van der Waals surface area (Å²) in [6.07, 6.45) is 1.15. The summed E-state index contributed by atoms with van der Waals surface area (Å²) in [5.41, 5.74) is 2.29. The first-order valence-electron chi connectivity index (χ1n) is 7.95. The second-order valence-electron chi connectivity index (χ2n) is 6.21. The molecular formula is C18H28N2O. The third-order valence-electron chi connectivity index (χ3n) is 4.21. The summed E-state index contributed by atoms with van der Waals surface area (Å²) < 4.78 is 6.12. The first kappa shape index (κ1) is 16.1. The Bertz CT molecular complexity index is 574. The molecule has 1 unspecified atom stereocenters. The van der Waals surface area contributed by atoms with Crippen LogP contribution in [0.3, 0.4) is 0 Å². The van der Waals surface area contributed by atoms with E-state index < -0.39 is 0 Å². The molecule has 0 amide bonds. The summed E-state index contributed by atoms with van der Waals surface area (Å²) >= 11 is 0. The molecule has 1 heterocycles. The van der Waals surface area contributed by atoms with Crippen molar-refractivity contribution in [2.45, 2.75) is 59.3 Å². The van der Waals surface area contributed by atoms with Crippen LogP contribution in [0.2, 0.25) is 0 Å². The largest absolute Gasteiger partial charge is 0.459 e. The predicted octanol–water partition coefficient (Wildman–Crippen LogP) is 4.16. The third kappa shape index (κ3) is 3.86. The second-order valence-corrected chi connectivity index (χ2v) is 6.21. The van der Waals surface area contributed by atoms with Crippen LogP contribution in [0.15, 0.2) is 28.7 Å². The highest BCUT2D eigenvalue weighted by Crippen LogP contribution is 2.27. The molecule has 0 fully saturated rings. The maximum absolute atomic E-state index is 6.12. The SMILES string of the molecule is CCC(C)N(C)Cc1oc2ccccc2c1CNC(C)C. The molecule has 2 aromatic rings. The molecule has 116 valence electrons. The number of hydrogen-bond donors (Lipinski definition) is 1. The van der Waals surface area contributed by atoms with E-state index >= 15 is 0 Å². The Hall–Kier alpha value is -1.32. The number of fused-ring (bicyclic) bond motifs is 1. The fraction of sp³-hybridized carbons (Fsp3) is 0.556. The molecule has 3 nitrogen and oxygen atoms in total. The van der Waals surface area contributed by atoms with Crippen molar-refractivity contribution in [3.63, 3.8) is 0 Å². The van der Waals surface area contributed by atoms with E-state index in [1.54, 1.807) is 0 Å². The minimum Gasteiger partial charge on any atom is -0.459 e. The molecule has 1 aromatic heterocycles. The fourth-order valence-electron chi connectivity index (χ4n) is 2.47. The first-order valence-corrected chi connectivity index (χ1v) is 7.95. The normalized spacial score (nSPS) is 13.5. The lowest BCUT2D eigenvalue weighted by Crippen LogP contribution is -2.28. The lowest BCUT2D eigenvalue weighted by Gasteiger charge is -2.23. The Labute approximate surface area is 128 Å². The number of para-hydroxylation sites is 1. The molecule has 0 spiro atoms. The molecule has 0 aliphatic rings. The standard InChI is InChI=1S/C18H28N2O/c1-6-14(4)20(5)12-18-16(11-19-13(2)3)15-9-7-8-10-17(15)21-18/h7-10,13-14,19H,6,11-12H2,1-5H3. The molecule has 0 aliphatic heterocycles. The van der Waals surface area contributed by atoms with Crippen LogP contribution in [-0.4, -0.2) is 24.0 Å². The molecule has 0 radical (unpaired) electrons. The Morgan fingerprint density at radius 1 is 1.19 bits per heavy atom. The zero-order valence-electron chi connectivity index (χ0n) is 13.9. The van der Waals surface area contributed by atoms with Crippen molar-refractivity contribution < 1.29 is 4.42 Å². The van der Waals surface area contributed by atoms with Crippen molar-refractivity contribution in [1.82, 2.24) is 10.2 Å². The fourth-order valence-corrected chi connectivity index (χ4v) is 2.47. The molecular weight excluding hydrogens is 260 g/mol. The first-order chi connectivity index (χ1) is 10.0. The summed E-state index contributed by atoms with van der Waals surface area (Å²) in [5.74, 6) is 1.09. The van der Waals surface area contributed by atoms with Crippen LogP contribution in [0.4, 0.5) is 0 Å². The van der Waals surface area contributed by atoms with E-state index in [0.717, 1.165) is 30.9 Å². The van der Waals surface area contributed by atoms with Gasteiger partial charge in [0.05, 0.1) is 6.54 Å². The van der Waals surface area contributed by atoms with Gasteiger partial charge in [-0.1, -0.05) is 39.0 Å². The number of rotatable bonds is 7. The Kier molecular flexibility index (Phi) is 5.43. The van der Waals surface area contributed by atoms with E-state index in [1.807, 2.05) is 6.07 Å². The monoisotopic (exact) mass is 288 g/mol. The number of benzene rings is 1. The Balaban J connectivity index is 2.30. The van der Waals surface area contributed by atoms with Crippen LogP contribution in [0, 0.1) is 0 Å². The Morgan fingerprint density at radius 3 is 2.57 bits per heavy atom. The highest BCUT2D eigenvalue weighted by Gasteiger charge is 2.17. The van der Waals surface area contributed by atoms with Crippen molar-refractivity contribution >= 4 is 11.0 Å². The van der Waals surface area contributed by atoms with Crippen molar-refractivity contribution in [1.29, 1.82) is 0 Å². The molecule has 0 saturated carbocycles. The van der Waals surface area contributed by atoms with Gasteiger partial charge >= 0.3 is 0 Å². The van der Waals surface area contributed by atoms with Gasteiger partial charge in [-0.05, 0) is 26.5 Å². The molecule has 3 heteroatoms. The summed E-state index contributed by atoms with van der Waals surface area (Å²) in [5, 5.41) is 4.75. The second kappa shape index (κ2) is 7.10. The van der Waals surface area contributed by atoms with Crippen LogP contribution in [0.5, 0.6) is 0 Å².